The lowest BCUT2D eigenvalue weighted by Gasteiger charge is -2.18. The van der Waals surface area contributed by atoms with E-state index in [1.807, 2.05) is 37.3 Å². The number of aromatic nitrogens is 3. The highest BCUT2D eigenvalue weighted by molar-refractivity contribution is 7.89. The lowest BCUT2D eigenvalue weighted by Crippen LogP contribution is -2.36. The number of hydrogen-bond donors (Lipinski definition) is 2. The lowest BCUT2D eigenvalue weighted by molar-refractivity contribution is 0.221. The molecule has 3 heterocycles. The van der Waals surface area contributed by atoms with E-state index in [2.05, 4.69) is 25.0 Å². The zero-order valence-electron chi connectivity index (χ0n) is 22.7. The van der Waals surface area contributed by atoms with Gasteiger partial charge < -0.3 is 10.1 Å². The number of nitrogens with one attached hydrogen (secondary N) is 2. The number of rotatable bonds is 9. The molecule has 0 radical (unpaired) electrons. The second-order valence-electron chi connectivity index (χ2n) is 11.4. The lowest BCUT2D eigenvalue weighted by atomic mass is 10.0. The summed E-state index contributed by atoms with van der Waals surface area (Å²) >= 11 is 0. The number of hydrogen-bond acceptors (Lipinski definition) is 7. The Hall–Kier alpha value is -3.63. The third-order valence-corrected chi connectivity index (χ3v) is 8.79. The van der Waals surface area contributed by atoms with Crippen LogP contribution < -0.4 is 14.8 Å². The second kappa shape index (κ2) is 10.1. The van der Waals surface area contributed by atoms with Gasteiger partial charge in [0.2, 0.25) is 10.0 Å². The Morgan fingerprint density at radius 1 is 1.02 bits per heavy atom. The summed E-state index contributed by atoms with van der Waals surface area (Å²) in [7, 11) is -3.99. The van der Waals surface area contributed by atoms with E-state index >= 15 is 0 Å². The fraction of sp³-hybridized carbons (Fsp3) is 0.367. The van der Waals surface area contributed by atoms with E-state index in [0.29, 0.717) is 35.6 Å². The standard InChI is InChI=1S/C30H32FN5O3S/c1-18-4-7-24(16-33-18)39-25-10-23(14-32-15-25)36-22-9-20-8-21-13-34-28(19-5-6-19)12-27(21)29(26(20)11-22)40(37,38)35-17-30(2,3)31/h4,7-8,10,12-16,19,22,35-36H,5-6,9,11,17H2,1-3H3/t22-/m1/s1. The van der Waals surface area contributed by atoms with Gasteiger partial charge in [-0.25, -0.2) is 17.5 Å². The van der Waals surface area contributed by atoms with Gasteiger partial charge in [0.25, 0.3) is 0 Å². The van der Waals surface area contributed by atoms with Crippen molar-refractivity contribution in [3.05, 3.63) is 77.6 Å². The highest BCUT2D eigenvalue weighted by atomic mass is 32.2. The SMILES string of the molecule is Cc1ccc(Oc2cncc(N[C@@H]3Cc4cc5cnc(C6CC6)cc5c(S(=O)(=O)NCC(C)(C)F)c4C3)c2)cn1. The molecule has 208 valence electrons. The van der Waals surface area contributed by atoms with Crippen molar-refractivity contribution in [3.8, 4) is 11.5 Å². The normalized spacial score (nSPS) is 17.1. The molecule has 2 N–H and O–H groups in total. The molecule has 40 heavy (non-hydrogen) atoms. The first-order chi connectivity index (χ1) is 19.0. The molecule has 8 nitrogen and oxygen atoms in total. The average Bonchev–Trinajstić information content (AvgIpc) is 3.68. The second-order valence-corrected chi connectivity index (χ2v) is 13.1. The molecule has 2 aliphatic carbocycles. The Bertz CT molecular complexity index is 1680. The summed E-state index contributed by atoms with van der Waals surface area (Å²) in [5.41, 5.74) is 2.60. The number of aryl methyl sites for hydroxylation is 1. The van der Waals surface area contributed by atoms with Gasteiger partial charge in [-0.15, -0.1) is 0 Å². The third kappa shape index (κ3) is 5.78. The Kier molecular flexibility index (Phi) is 6.70. The third-order valence-electron chi connectivity index (χ3n) is 7.26. The van der Waals surface area contributed by atoms with Crippen LogP contribution in [0.3, 0.4) is 0 Å². The maximum absolute atomic E-state index is 14.3. The first kappa shape index (κ1) is 26.6. The number of halogens is 1. The van der Waals surface area contributed by atoms with Crippen molar-refractivity contribution in [3.63, 3.8) is 0 Å². The van der Waals surface area contributed by atoms with Crippen molar-refractivity contribution < 1.29 is 17.5 Å². The minimum absolute atomic E-state index is 0.0627. The van der Waals surface area contributed by atoms with Crippen molar-refractivity contribution in [2.45, 2.75) is 69.0 Å². The molecular formula is C30H32FN5O3S. The largest absolute Gasteiger partial charge is 0.454 e. The van der Waals surface area contributed by atoms with Crippen LogP contribution in [0.1, 0.15) is 55.1 Å². The Balaban J connectivity index is 1.30. The molecule has 0 bridgehead atoms. The predicted molar refractivity (Wildman–Crippen MR) is 152 cm³/mol. The fourth-order valence-electron chi connectivity index (χ4n) is 5.16. The smallest absolute Gasteiger partial charge is 0.241 e. The van der Waals surface area contributed by atoms with Crippen LogP contribution in [0.4, 0.5) is 10.1 Å². The molecular weight excluding hydrogens is 529 g/mol. The highest BCUT2D eigenvalue weighted by Gasteiger charge is 2.33. The van der Waals surface area contributed by atoms with Gasteiger partial charge in [0, 0.05) is 52.9 Å². The Morgan fingerprint density at radius 2 is 1.85 bits per heavy atom. The summed E-state index contributed by atoms with van der Waals surface area (Å²) in [5, 5.41) is 4.92. The first-order valence-corrected chi connectivity index (χ1v) is 15.0. The van der Waals surface area contributed by atoms with Crippen LogP contribution in [0.25, 0.3) is 10.8 Å². The molecule has 6 rings (SSSR count). The molecule has 0 saturated heterocycles. The summed E-state index contributed by atoms with van der Waals surface area (Å²) < 4.78 is 50.2. The van der Waals surface area contributed by atoms with Crippen LogP contribution >= 0.6 is 0 Å². The maximum Gasteiger partial charge on any atom is 0.241 e. The molecule has 1 fully saturated rings. The quantitative estimate of drug-likeness (QED) is 0.274. The molecule has 4 aromatic rings. The van der Waals surface area contributed by atoms with Gasteiger partial charge in [-0.05, 0) is 81.8 Å². The minimum Gasteiger partial charge on any atom is -0.454 e. The molecule has 0 amide bonds. The van der Waals surface area contributed by atoms with Crippen LogP contribution in [0.5, 0.6) is 11.5 Å². The number of nitrogens with zero attached hydrogens (tertiary/aromatic N) is 3. The monoisotopic (exact) mass is 561 g/mol. The van der Waals surface area contributed by atoms with Crippen LogP contribution in [0, 0.1) is 6.92 Å². The van der Waals surface area contributed by atoms with E-state index in [4.69, 9.17) is 4.74 Å². The number of pyridine rings is 3. The molecule has 1 saturated carbocycles. The van der Waals surface area contributed by atoms with Crippen molar-refractivity contribution in [1.29, 1.82) is 0 Å². The number of alkyl halides is 1. The van der Waals surface area contributed by atoms with Gasteiger partial charge in [0.05, 0.1) is 29.2 Å². The number of sulfonamides is 1. The molecule has 0 unspecified atom stereocenters. The summed E-state index contributed by atoms with van der Waals surface area (Å²) in [6.07, 6.45) is 10.0. The summed E-state index contributed by atoms with van der Waals surface area (Å²) in [6.45, 7) is 4.33. The van der Waals surface area contributed by atoms with Gasteiger partial charge >= 0.3 is 0 Å². The number of anilines is 1. The zero-order valence-corrected chi connectivity index (χ0v) is 23.6. The first-order valence-electron chi connectivity index (χ1n) is 13.5. The predicted octanol–water partition coefficient (Wildman–Crippen LogP) is 5.61. The van der Waals surface area contributed by atoms with Crippen LogP contribution in [0.15, 0.2) is 60.0 Å². The Labute approximate surface area is 233 Å². The van der Waals surface area contributed by atoms with Gasteiger partial charge in [0.1, 0.15) is 17.2 Å². The fourth-order valence-corrected chi connectivity index (χ4v) is 6.84. The zero-order chi connectivity index (χ0) is 28.1. The van der Waals surface area contributed by atoms with Gasteiger partial charge in [0.15, 0.2) is 0 Å². The number of fused-ring (bicyclic) bond motifs is 2. The van der Waals surface area contributed by atoms with E-state index < -0.39 is 15.7 Å². The van der Waals surface area contributed by atoms with Crippen LogP contribution in [-0.2, 0) is 22.9 Å². The van der Waals surface area contributed by atoms with E-state index in [9.17, 15) is 12.8 Å². The minimum atomic E-state index is -3.99. The maximum atomic E-state index is 14.3. The summed E-state index contributed by atoms with van der Waals surface area (Å²) in [4.78, 5) is 13.4. The van der Waals surface area contributed by atoms with Gasteiger partial charge in [-0.3, -0.25) is 15.0 Å². The van der Waals surface area contributed by atoms with Crippen molar-refractivity contribution >= 4 is 26.5 Å². The van der Waals surface area contributed by atoms with Crippen molar-refractivity contribution in [2.24, 2.45) is 0 Å². The average molecular weight is 562 g/mol. The number of ether oxygens (including phenoxy) is 1. The van der Waals surface area contributed by atoms with Gasteiger partial charge in [-0.1, -0.05) is 0 Å². The molecule has 0 aliphatic heterocycles. The van der Waals surface area contributed by atoms with Crippen LogP contribution in [-0.4, -0.2) is 41.6 Å². The van der Waals surface area contributed by atoms with E-state index in [1.54, 1.807) is 24.8 Å². The Morgan fingerprint density at radius 3 is 2.58 bits per heavy atom. The van der Waals surface area contributed by atoms with Crippen molar-refractivity contribution in [1.82, 2.24) is 19.7 Å². The van der Waals surface area contributed by atoms with E-state index in [-0.39, 0.29) is 17.5 Å². The molecule has 1 aromatic carbocycles. The molecule has 1 atom stereocenters. The van der Waals surface area contributed by atoms with Gasteiger partial charge in [-0.2, -0.15) is 0 Å². The topological polar surface area (TPSA) is 106 Å². The highest BCUT2D eigenvalue weighted by Crippen LogP contribution is 2.42. The molecule has 10 heteroatoms. The van der Waals surface area contributed by atoms with Crippen molar-refractivity contribution in [2.75, 3.05) is 11.9 Å². The van der Waals surface area contributed by atoms with Crippen LogP contribution in [0.2, 0.25) is 0 Å². The van der Waals surface area contributed by atoms with E-state index in [1.165, 1.54) is 13.8 Å². The summed E-state index contributed by atoms with van der Waals surface area (Å²) in [5.74, 6) is 1.55. The molecule has 0 spiro atoms. The molecule has 3 aromatic heterocycles. The van der Waals surface area contributed by atoms with E-state index in [0.717, 1.165) is 46.4 Å². The molecule has 2 aliphatic rings. The number of benzene rings is 1. The summed E-state index contributed by atoms with van der Waals surface area (Å²) in [6, 6.07) is 9.48.